The van der Waals surface area contributed by atoms with E-state index in [2.05, 4.69) is 6.07 Å². The van der Waals surface area contributed by atoms with E-state index in [0.29, 0.717) is 11.3 Å². The number of halogens is 1. The van der Waals surface area contributed by atoms with Crippen LogP contribution < -0.4 is 4.90 Å². The van der Waals surface area contributed by atoms with E-state index in [1.165, 1.54) is 17.0 Å². The number of benzene rings is 2. The average molecular weight is 356 g/mol. The van der Waals surface area contributed by atoms with Crippen molar-refractivity contribution in [3.05, 3.63) is 53.3 Å². The second-order valence-electron chi connectivity index (χ2n) is 7.06. The number of nitrogens with zero attached hydrogens (tertiary/aromatic N) is 2. The van der Waals surface area contributed by atoms with E-state index < -0.39 is 6.09 Å². The van der Waals surface area contributed by atoms with Gasteiger partial charge >= 0.3 is 6.09 Å². The lowest BCUT2D eigenvalue weighted by Crippen LogP contribution is -2.36. The Bertz CT molecular complexity index is 801. The summed E-state index contributed by atoms with van der Waals surface area (Å²) in [4.78, 5) is 16.1. The number of carbonyl (C=O) groups excluding carboxylic acids is 1. The number of hydrogen-bond acceptors (Lipinski definition) is 3. The van der Waals surface area contributed by atoms with Crippen LogP contribution in [-0.4, -0.2) is 37.9 Å². The van der Waals surface area contributed by atoms with Crippen LogP contribution in [-0.2, 0) is 4.74 Å². The molecule has 1 amide bonds. The lowest BCUT2D eigenvalue weighted by molar-refractivity contribution is 0.0315. The third kappa shape index (κ3) is 3.88. The zero-order chi connectivity index (χ0) is 18.8. The Balaban J connectivity index is 1.93. The Labute approximate surface area is 154 Å². The molecular weight excluding hydrogens is 331 g/mol. The van der Waals surface area contributed by atoms with Gasteiger partial charge in [0.1, 0.15) is 5.82 Å². The van der Waals surface area contributed by atoms with Gasteiger partial charge in [-0.3, -0.25) is 9.80 Å². The molecule has 0 unspecified atom stereocenters. The average Bonchev–Trinajstić information content (AvgIpc) is 2.98. The van der Waals surface area contributed by atoms with Crippen LogP contribution in [0.5, 0.6) is 0 Å². The fraction of sp³-hybridized carbons (Fsp3) is 0.381. The van der Waals surface area contributed by atoms with Crippen LogP contribution in [0.15, 0.2) is 36.4 Å². The van der Waals surface area contributed by atoms with Gasteiger partial charge in [-0.05, 0) is 57.5 Å². The first-order valence-electron chi connectivity index (χ1n) is 8.88. The van der Waals surface area contributed by atoms with E-state index in [1.807, 2.05) is 37.9 Å². The smallest absolute Gasteiger partial charge is 0.415 e. The molecule has 5 heteroatoms. The van der Waals surface area contributed by atoms with E-state index >= 15 is 0 Å². The number of carbonyl (C=O) groups is 1. The summed E-state index contributed by atoms with van der Waals surface area (Å²) in [5, 5.41) is 0. The molecular formula is C21H25FN2O2. The van der Waals surface area contributed by atoms with Gasteiger partial charge in [0.25, 0.3) is 0 Å². The van der Waals surface area contributed by atoms with Crippen molar-refractivity contribution in [1.29, 1.82) is 0 Å². The highest BCUT2D eigenvalue weighted by molar-refractivity contribution is 5.93. The van der Waals surface area contributed by atoms with Gasteiger partial charge in [0.15, 0.2) is 6.23 Å². The first-order valence-corrected chi connectivity index (χ1v) is 8.88. The molecule has 0 aromatic heterocycles. The summed E-state index contributed by atoms with van der Waals surface area (Å²) < 4.78 is 19.6. The van der Waals surface area contributed by atoms with Crippen molar-refractivity contribution < 1.29 is 13.9 Å². The Kier molecular flexibility index (Phi) is 5.28. The number of ether oxygens (including phenoxy) is 1. The zero-order valence-corrected chi connectivity index (χ0v) is 15.8. The summed E-state index contributed by atoms with van der Waals surface area (Å²) >= 11 is 0. The molecule has 2 aromatic rings. The molecule has 1 atom stereocenters. The molecule has 1 saturated heterocycles. The normalized spacial score (nSPS) is 17.3. The van der Waals surface area contributed by atoms with Crippen molar-refractivity contribution in [3.8, 4) is 11.1 Å². The minimum absolute atomic E-state index is 0.199. The molecule has 1 fully saturated rings. The number of amides is 1. The maximum atomic E-state index is 13.9. The first-order chi connectivity index (χ1) is 12.3. The maximum absolute atomic E-state index is 13.9. The van der Waals surface area contributed by atoms with Crippen LogP contribution in [0.3, 0.4) is 0 Å². The number of rotatable bonds is 3. The van der Waals surface area contributed by atoms with Gasteiger partial charge in [-0.1, -0.05) is 29.3 Å². The minimum atomic E-state index is -0.430. The molecule has 3 rings (SSSR count). The Hall–Kier alpha value is -2.40. The molecule has 1 heterocycles. The predicted octanol–water partition coefficient (Wildman–Crippen LogP) is 4.73. The zero-order valence-electron chi connectivity index (χ0n) is 15.8. The van der Waals surface area contributed by atoms with E-state index in [0.717, 1.165) is 36.1 Å². The van der Waals surface area contributed by atoms with Crippen molar-refractivity contribution in [2.24, 2.45) is 0 Å². The van der Waals surface area contributed by atoms with Gasteiger partial charge in [-0.2, -0.15) is 0 Å². The molecule has 0 radical (unpaired) electrons. The third-order valence-electron chi connectivity index (χ3n) is 4.82. The number of anilines is 1. The molecule has 138 valence electrons. The van der Waals surface area contributed by atoms with Crippen molar-refractivity contribution in [3.63, 3.8) is 0 Å². The van der Waals surface area contributed by atoms with E-state index in [4.69, 9.17) is 4.74 Å². The summed E-state index contributed by atoms with van der Waals surface area (Å²) in [6, 6.07) is 10.5. The number of likely N-dealkylation sites (tertiary alicyclic amines) is 1. The second-order valence-corrected chi connectivity index (χ2v) is 7.06. The van der Waals surface area contributed by atoms with Crippen LogP contribution in [0.2, 0.25) is 0 Å². The molecule has 1 aliphatic heterocycles. The van der Waals surface area contributed by atoms with Gasteiger partial charge in [0.2, 0.25) is 0 Å². The third-order valence-corrected chi connectivity index (χ3v) is 4.82. The lowest BCUT2D eigenvalue weighted by atomic mass is 9.99. The van der Waals surface area contributed by atoms with Crippen molar-refractivity contribution in [1.82, 2.24) is 4.90 Å². The molecule has 0 N–H and O–H groups in total. The van der Waals surface area contributed by atoms with Crippen LogP contribution in [0.4, 0.5) is 14.9 Å². The monoisotopic (exact) mass is 356 g/mol. The summed E-state index contributed by atoms with van der Waals surface area (Å²) in [6.07, 6.45) is 1.22. The Morgan fingerprint density at radius 2 is 1.88 bits per heavy atom. The van der Waals surface area contributed by atoms with E-state index in [1.54, 1.807) is 13.1 Å². The van der Waals surface area contributed by atoms with Crippen LogP contribution in [0.1, 0.15) is 24.0 Å². The highest BCUT2D eigenvalue weighted by Gasteiger charge is 2.27. The lowest BCUT2D eigenvalue weighted by Gasteiger charge is -2.25. The van der Waals surface area contributed by atoms with E-state index in [9.17, 15) is 9.18 Å². The van der Waals surface area contributed by atoms with Crippen molar-refractivity contribution in [2.75, 3.05) is 25.5 Å². The van der Waals surface area contributed by atoms with Gasteiger partial charge in [-0.15, -0.1) is 0 Å². The summed E-state index contributed by atoms with van der Waals surface area (Å²) in [7, 11) is 3.61. The topological polar surface area (TPSA) is 32.8 Å². The van der Waals surface area contributed by atoms with Gasteiger partial charge in [0.05, 0.1) is 5.69 Å². The highest BCUT2D eigenvalue weighted by Crippen LogP contribution is 2.33. The van der Waals surface area contributed by atoms with Crippen molar-refractivity contribution >= 4 is 11.8 Å². The Morgan fingerprint density at radius 3 is 2.50 bits per heavy atom. The second kappa shape index (κ2) is 7.46. The highest BCUT2D eigenvalue weighted by atomic mass is 19.1. The van der Waals surface area contributed by atoms with Crippen LogP contribution in [0.25, 0.3) is 11.1 Å². The summed E-state index contributed by atoms with van der Waals surface area (Å²) in [5.41, 5.74) is 4.37. The van der Waals surface area contributed by atoms with Crippen LogP contribution >= 0.6 is 0 Å². The first kappa shape index (κ1) is 18.4. The molecule has 0 spiro atoms. The molecule has 2 aromatic carbocycles. The number of hydrogen-bond donors (Lipinski definition) is 0. The molecule has 0 bridgehead atoms. The summed E-state index contributed by atoms with van der Waals surface area (Å²) in [6.45, 7) is 4.93. The van der Waals surface area contributed by atoms with Crippen molar-refractivity contribution in [2.45, 2.75) is 32.9 Å². The molecule has 0 aliphatic carbocycles. The standard InChI is InChI=1S/C21H25FN2O2/c1-14-10-15(2)12-16(11-14)18-13-17(22)7-8-19(18)24(4)21(25)26-20-6-5-9-23(20)3/h7-8,10-13,20H,5-6,9H2,1-4H3/t20-/m0/s1. The SMILES string of the molecule is Cc1cc(C)cc(-c2cc(F)ccc2N(C)C(=O)O[C@H]2CCCN2C)c1. The molecule has 26 heavy (non-hydrogen) atoms. The van der Waals surface area contributed by atoms with Gasteiger partial charge in [-0.25, -0.2) is 9.18 Å². The Morgan fingerprint density at radius 1 is 1.19 bits per heavy atom. The molecule has 4 nitrogen and oxygen atoms in total. The van der Waals surface area contributed by atoms with E-state index in [-0.39, 0.29) is 12.0 Å². The fourth-order valence-electron chi connectivity index (χ4n) is 3.48. The minimum Gasteiger partial charge on any atom is -0.430 e. The predicted molar refractivity (Wildman–Crippen MR) is 102 cm³/mol. The quantitative estimate of drug-likeness (QED) is 0.797. The van der Waals surface area contributed by atoms with Gasteiger partial charge in [0, 0.05) is 19.2 Å². The molecule has 0 saturated carbocycles. The molecule has 1 aliphatic rings. The maximum Gasteiger partial charge on any atom is 0.415 e. The van der Waals surface area contributed by atoms with Gasteiger partial charge < -0.3 is 4.74 Å². The fourth-order valence-corrected chi connectivity index (χ4v) is 3.48. The van der Waals surface area contributed by atoms with Crippen LogP contribution in [0, 0.1) is 19.7 Å². The summed E-state index contributed by atoms with van der Waals surface area (Å²) in [5.74, 6) is -0.333. The largest absolute Gasteiger partial charge is 0.430 e. The number of aryl methyl sites for hydroxylation is 2.